The van der Waals surface area contributed by atoms with Crippen LogP contribution in [0.15, 0.2) is 54.6 Å². The summed E-state index contributed by atoms with van der Waals surface area (Å²) in [4.78, 5) is 21.9. The number of nitrogens with zero attached hydrogens (tertiary/aromatic N) is 1. The second kappa shape index (κ2) is 6.67. The Kier molecular flexibility index (Phi) is 4.68. The third-order valence-electron chi connectivity index (χ3n) is 2.64. The minimum absolute atomic E-state index is 0.0258. The lowest BCUT2D eigenvalue weighted by Gasteiger charge is -2.03. The molecule has 0 spiro atoms. The molecule has 1 amide bonds. The van der Waals surface area contributed by atoms with Gasteiger partial charge in [0.05, 0.1) is 4.92 Å². The highest BCUT2D eigenvalue weighted by Gasteiger charge is 2.13. The quantitative estimate of drug-likeness (QED) is 0.529. The number of halogens is 1. The van der Waals surface area contributed by atoms with Crippen molar-refractivity contribution in [3.05, 3.63) is 75.3 Å². The molecule has 0 aromatic heterocycles. The molecule has 0 fully saturated rings. The second-order valence-corrected chi connectivity index (χ2v) is 4.56. The molecule has 21 heavy (non-hydrogen) atoms. The summed E-state index contributed by atoms with van der Waals surface area (Å²) >= 11 is 5.70. The van der Waals surface area contributed by atoms with Crippen molar-refractivity contribution in [1.82, 2.24) is 0 Å². The van der Waals surface area contributed by atoms with Gasteiger partial charge in [0.25, 0.3) is 5.69 Å². The molecule has 2 aromatic carbocycles. The van der Waals surface area contributed by atoms with Crippen LogP contribution >= 0.6 is 11.6 Å². The first-order valence-electron chi connectivity index (χ1n) is 6.04. The summed E-state index contributed by atoms with van der Waals surface area (Å²) in [6.45, 7) is 0. The van der Waals surface area contributed by atoms with Crippen molar-refractivity contribution in [2.75, 3.05) is 5.32 Å². The zero-order valence-corrected chi connectivity index (χ0v) is 11.6. The number of nitro groups is 1. The van der Waals surface area contributed by atoms with E-state index in [2.05, 4.69) is 5.32 Å². The molecule has 0 aliphatic carbocycles. The van der Waals surface area contributed by atoms with Crippen LogP contribution in [0, 0.1) is 10.1 Å². The Morgan fingerprint density at radius 3 is 2.57 bits per heavy atom. The molecule has 0 radical (unpaired) electrons. The van der Waals surface area contributed by atoms with Crippen LogP contribution in [0.25, 0.3) is 6.08 Å². The molecule has 0 bridgehead atoms. The van der Waals surface area contributed by atoms with E-state index in [1.54, 1.807) is 6.08 Å². The fourth-order valence-corrected chi connectivity index (χ4v) is 1.84. The number of rotatable bonds is 4. The van der Waals surface area contributed by atoms with Crippen molar-refractivity contribution in [2.24, 2.45) is 0 Å². The number of carbonyl (C=O) groups is 1. The number of hydrogen-bond acceptors (Lipinski definition) is 3. The van der Waals surface area contributed by atoms with Crippen LogP contribution in [0.3, 0.4) is 0 Å². The van der Waals surface area contributed by atoms with E-state index in [9.17, 15) is 14.9 Å². The number of carbonyl (C=O) groups excluding carboxylic acids is 1. The fraction of sp³-hybridized carbons (Fsp3) is 0. The van der Waals surface area contributed by atoms with Gasteiger partial charge in [0, 0.05) is 17.8 Å². The Bertz CT molecular complexity index is 699. The Labute approximate surface area is 126 Å². The van der Waals surface area contributed by atoms with Crippen molar-refractivity contribution in [1.29, 1.82) is 0 Å². The van der Waals surface area contributed by atoms with Gasteiger partial charge < -0.3 is 5.32 Å². The molecule has 0 saturated heterocycles. The van der Waals surface area contributed by atoms with E-state index in [1.165, 1.54) is 24.3 Å². The summed E-state index contributed by atoms with van der Waals surface area (Å²) < 4.78 is 0. The lowest BCUT2D eigenvalue weighted by Crippen LogP contribution is -2.08. The van der Waals surface area contributed by atoms with E-state index in [-0.39, 0.29) is 16.6 Å². The maximum Gasteiger partial charge on any atom is 0.289 e. The van der Waals surface area contributed by atoms with Crippen LogP contribution in [0.1, 0.15) is 5.56 Å². The summed E-state index contributed by atoms with van der Waals surface area (Å²) in [7, 11) is 0. The van der Waals surface area contributed by atoms with Crippen LogP contribution < -0.4 is 5.32 Å². The first kappa shape index (κ1) is 14.7. The van der Waals surface area contributed by atoms with Gasteiger partial charge in [0.15, 0.2) is 0 Å². The first-order valence-corrected chi connectivity index (χ1v) is 6.42. The predicted octanol–water partition coefficient (Wildman–Crippen LogP) is 3.90. The van der Waals surface area contributed by atoms with Gasteiger partial charge >= 0.3 is 0 Å². The normalized spacial score (nSPS) is 10.5. The third kappa shape index (κ3) is 4.15. The van der Waals surface area contributed by atoms with E-state index in [0.29, 0.717) is 5.69 Å². The molecule has 0 aliphatic rings. The Morgan fingerprint density at radius 2 is 1.90 bits per heavy atom. The molecule has 2 rings (SSSR count). The van der Waals surface area contributed by atoms with Gasteiger partial charge in [0.2, 0.25) is 5.91 Å². The molecule has 6 heteroatoms. The van der Waals surface area contributed by atoms with Gasteiger partial charge in [-0.05, 0) is 23.8 Å². The molecule has 0 atom stereocenters. The number of hydrogen-bond donors (Lipinski definition) is 1. The van der Waals surface area contributed by atoms with Crippen molar-refractivity contribution in [3.8, 4) is 0 Å². The molecule has 1 N–H and O–H groups in total. The number of benzene rings is 2. The highest BCUT2D eigenvalue weighted by molar-refractivity contribution is 6.32. The Hall–Kier alpha value is -2.66. The van der Waals surface area contributed by atoms with Gasteiger partial charge in [-0.1, -0.05) is 41.9 Å². The fourth-order valence-electron chi connectivity index (χ4n) is 1.65. The maximum absolute atomic E-state index is 11.8. The van der Waals surface area contributed by atoms with Gasteiger partial charge in [-0.3, -0.25) is 14.9 Å². The van der Waals surface area contributed by atoms with E-state index in [0.717, 1.165) is 5.56 Å². The van der Waals surface area contributed by atoms with Crippen LogP contribution in [-0.4, -0.2) is 10.8 Å². The minimum Gasteiger partial charge on any atom is -0.322 e. The monoisotopic (exact) mass is 302 g/mol. The van der Waals surface area contributed by atoms with Crippen LogP contribution in [0.5, 0.6) is 0 Å². The number of amides is 1. The molecule has 0 saturated carbocycles. The predicted molar refractivity (Wildman–Crippen MR) is 82.2 cm³/mol. The number of nitrogens with one attached hydrogen (secondary N) is 1. The maximum atomic E-state index is 11.8. The van der Waals surface area contributed by atoms with Crippen molar-refractivity contribution in [2.45, 2.75) is 0 Å². The standard InChI is InChI=1S/C15H11ClN2O3/c16-13-8-7-12(10-14(13)18(20)21)17-15(19)9-6-11-4-2-1-3-5-11/h1-10H,(H,17,19)/b9-6-. The highest BCUT2D eigenvalue weighted by Crippen LogP contribution is 2.27. The topological polar surface area (TPSA) is 72.2 Å². The molecule has 2 aromatic rings. The zero-order valence-electron chi connectivity index (χ0n) is 10.8. The second-order valence-electron chi connectivity index (χ2n) is 4.16. The van der Waals surface area contributed by atoms with Gasteiger partial charge in [0.1, 0.15) is 5.02 Å². The SMILES string of the molecule is O=C(/C=C\c1ccccc1)Nc1ccc(Cl)c([N+](=O)[O-])c1. The van der Waals surface area contributed by atoms with Crippen molar-refractivity contribution in [3.63, 3.8) is 0 Å². The molecule has 0 aliphatic heterocycles. The highest BCUT2D eigenvalue weighted by atomic mass is 35.5. The van der Waals surface area contributed by atoms with E-state index in [1.807, 2.05) is 30.3 Å². The van der Waals surface area contributed by atoms with Crippen LogP contribution in [0.4, 0.5) is 11.4 Å². The zero-order chi connectivity index (χ0) is 15.2. The van der Waals surface area contributed by atoms with Crippen LogP contribution in [0.2, 0.25) is 5.02 Å². The Morgan fingerprint density at radius 1 is 1.19 bits per heavy atom. The van der Waals surface area contributed by atoms with E-state index >= 15 is 0 Å². The summed E-state index contributed by atoms with van der Waals surface area (Å²) in [5, 5.41) is 13.3. The number of anilines is 1. The summed E-state index contributed by atoms with van der Waals surface area (Å²) in [5.41, 5.74) is 0.949. The first-order chi connectivity index (χ1) is 10.1. The minimum atomic E-state index is -0.599. The number of nitro benzene ring substituents is 1. The summed E-state index contributed by atoms with van der Waals surface area (Å²) in [5.74, 6) is -0.379. The van der Waals surface area contributed by atoms with Crippen molar-refractivity contribution >= 4 is 35.0 Å². The molecular formula is C15H11ClN2O3. The molecule has 0 heterocycles. The smallest absolute Gasteiger partial charge is 0.289 e. The average Bonchev–Trinajstić information content (AvgIpc) is 2.48. The Balaban J connectivity index is 2.08. The molecule has 5 nitrogen and oxygen atoms in total. The van der Waals surface area contributed by atoms with Crippen LogP contribution in [-0.2, 0) is 4.79 Å². The lowest BCUT2D eigenvalue weighted by molar-refractivity contribution is -0.384. The van der Waals surface area contributed by atoms with E-state index in [4.69, 9.17) is 11.6 Å². The third-order valence-corrected chi connectivity index (χ3v) is 2.96. The van der Waals surface area contributed by atoms with E-state index < -0.39 is 4.92 Å². The molecule has 106 valence electrons. The summed E-state index contributed by atoms with van der Waals surface area (Å²) in [6.07, 6.45) is 3.01. The van der Waals surface area contributed by atoms with Gasteiger partial charge in [-0.25, -0.2) is 0 Å². The summed E-state index contributed by atoms with van der Waals surface area (Å²) in [6, 6.07) is 13.4. The average molecular weight is 303 g/mol. The largest absolute Gasteiger partial charge is 0.322 e. The molecular weight excluding hydrogens is 292 g/mol. The van der Waals surface area contributed by atoms with Crippen molar-refractivity contribution < 1.29 is 9.72 Å². The van der Waals surface area contributed by atoms with Gasteiger partial charge in [-0.15, -0.1) is 0 Å². The van der Waals surface area contributed by atoms with Gasteiger partial charge in [-0.2, -0.15) is 0 Å². The molecule has 0 unspecified atom stereocenters. The lowest BCUT2D eigenvalue weighted by atomic mass is 10.2.